The van der Waals surface area contributed by atoms with Crippen LogP contribution in [-0.4, -0.2) is 42.4 Å². The van der Waals surface area contributed by atoms with Crippen LogP contribution >= 0.6 is 0 Å². The molecule has 7 nitrogen and oxygen atoms in total. The van der Waals surface area contributed by atoms with Crippen molar-refractivity contribution in [2.75, 3.05) is 0 Å². The fourth-order valence-electron chi connectivity index (χ4n) is 1.51. The van der Waals surface area contributed by atoms with Gasteiger partial charge < -0.3 is 14.2 Å². The lowest BCUT2D eigenvalue weighted by molar-refractivity contribution is -0.201. The first-order valence-electron chi connectivity index (χ1n) is 6.94. The molecule has 0 aliphatic carbocycles. The maximum Gasteiger partial charge on any atom is 0.491 e. The minimum absolute atomic E-state index is 0.280. The second-order valence-electron chi connectivity index (χ2n) is 4.99. The third-order valence-electron chi connectivity index (χ3n) is 2.66. The molecule has 0 aromatic heterocycles. The van der Waals surface area contributed by atoms with Gasteiger partial charge in [-0.3, -0.25) is 4.79 Å². The smallest absolute Gasteiger partial charge is 0.416 e. The third-order valence-corrected chi connectivity index (χ3v) is 2.66. The van der Waals surface area contributed by atoms with Crippen molar-refractivity contribution in [3.63, 3.8) is 0 Å². The summed E-state index contributed by atoms with van der Waals surface area (Å²) in [6.07, 6.45) is -18.0. The average molecular weight is 456 g/mol. The summed E-state index contributed by atoms with van der Waals surface area (Å²) < 4.78 is 121. The molecular formula is C14H5F9O7. The Morgan fingerprint density at radius 2 is 1.10 bits per heavy atom. The second kappa shape index (κ2) is 8.58. The lowest BCUT2D eigenvalue weighted by Gasteiger charge is -2.14. The number of carbonyl (C=O) groups is 4. The van der Waals surface area contributed by atoms with Gasteiger partial charge in [-0.15, -0.1) is 0 Å². The van der Waals surface area contributed by atoms with Crippen molar-refractivity contribution in [1.82, 2.24) is 0 Å². The zero-order valence-electron chi connectivity index (χ0n) is 13.7. The average Bonchev–Trinajstić information content (AvgIpc) is 2.54. The molecule has 0 aliphatic heterocycles. The monoisotopic (exact) mass is 456 g/mol. The maximum absolute atomic E-state index is 12.3. The molecule has 0 heterocycles. The number of halogens is 9. The highest BCUT2D eigenvalue weighted by Gasteiger charge is 2.44. The van der Waals surface area contributed by atoms with Crippen LogP contribution in [0.15, 0.2) is 18.2 Å². The molecular weight excluding hydrogens is 451 g/mol. The Labute approximate surface area is 158 Å². The van der Waals surface area contributed by atoms with E-state index in [9.17, 15) is 58.7 Å². The number of hydrogen-bond acceptors (Lipinski definition) is 7. The van der Waals surface area contributed by atoms with Crippen molar-refractivity contribution in [3.05, 3.63) is 23.8 Å². The van der Waals surface area contributed by atoms with E-state index < -0.39 is 65.9 Å². The summed E-state index contributed by atoms with van der Waals surface area (Å²) in [5, 5.41) is 0. The number of rotatable bonds is 4. The SMILES string of the molecule is O=C(Cc1ccc(OC(=O)C(F)(F)F)c(OC(=O)C(F)(F)F)c1)OC(=O)C(F)(F)F. The van der Waals surface area contributed by atoms with E-state index in [1.165, 1.54) is 0 Å². The molecule has 1 aromatic carbocycles. The van der Waals surface area contributed by atoms with Gasteiger partial charge in [-0.1, -0.05) is 6.07 Å². The highest BCUT2D eigenvalue weighted by Crippen LogP contribution is 2.33. The van der Waals surface area contributed by atoms with Crippen molar-refractivity contribution in [2.24, 2.45) is 0 Å². The van der Waals surface area contributed by atoms with Crippen LogP contribution in [0.4, 0.5) is 39.5 Å². The normalized spacial score (nSPS) is 12.2. The first kappa shape index (κ1) is 24.7. The fraction of sp³-hybridized carbons (Fsp3) is 0.286. The molecule has 1 rings (SSSR count). The molecule has 0 spiro atoms. The molecule has 0 aliphatic rings. The Morgan fingerprint density at radius 3 is 1.53 bits per heavy atom. The van der Waals surface area contributed by atoms with Crippen LogP contribution in [0.5, 0.6) is 11.5 Å². The zero-order chi connectivity index (χ0) is 23.5. The second-order valence-corrected chi connectivity index (χ2v) is 4.99. The van der Waals surface area contributed by atoms with Crippen LogP contribution in [0, 0.1) is 0 Å². The van der Waals surface area contributed by atoms with Gasteiger partial charge in [-0.05, 0) is 17.7 Å². The maximum atomic E-state index is 12.3. The highest BCUT2D eigenvalue weighted by atomic mass is 19.4. The summed E-state index contributed by atoms with van der Waals surface area (Å²) in [5.41, 5.74) is -0.577. The lowest BCUT2D eigenvalue weighted by Crippen LogP contribution is -2.30. The number of carbonyl (C=O) groups excluding carboxylic acids is 4. The van der Waals surface area contributed by atoms with E-state index in [0.29, 0.717) is 12.1 Å². The summed E-state index contributed by atoms with van der Waals surface area (Å²) in [5.74, 6) is -13.4. The number of hydrogen-bond donors (Lipinski definition) is 0. The highest BCUT2D eigenvalue weighted by molar-refractivity contribution is 5.89. The summed E-state index contributed by atoms with van der Waals surface area (Å²) in [6, 6.07) is 1.25. The predicted molar refractivity (Wildman–Crippen MR) is 70.7 cm³/mol. The Kier molecular flexibility index (Phi) is 7.07. The summed E-state index contributed by atoms with van der Waals surface area (Å²) in [7, 11) is 0. The summed E-state index contributed by atoms with van der Waals surface area (Å²) in [4.78, 5) is 43.5. The fourth-order valence-corrected chi connectivity index (χ4v) is 1.51. The van der Waals surface area contributed by atoms with Crippen molar-refractivity contribution in [3.8, 4) is 11.5 Å². The predicted octanol–water partition coefficient (Wildman–Crippen LogP) is 2.80. The Hall–Kier alpha value is -3.33. The van der Waals surface area contributed by atoms with Gasteiger partial charge in [0, 0.05) is 0 Å². The largest absolute Gasteiger partial charge is 0.491 e. The van der Waals surface area contributed by atoms with Crippen LogP contribution in [-0.2, 0) is 30.3 Å². The molecule has 0 atom stereocenters. The van der Waals surface area contributed by atoms with Gasteiger partial charge in [0.25, 0.3) is 0 Å². The van der Waals surface area contributed by atoms with Gasteiger partial charge in [-0.25, -0.2) is 14.4 Å². The Balaban J connectivity index is 3.15. The van der Waals surface area contributed by atoms with Crippen molar-refractivity contribution in [2.45, 2.75) is 24.9 Å². The van der Waals surface area contributed by atoms with Crippen molar-refractivity contribution in [1.29, 1.82) is 0 Å². The Morgan fingerprint density at radius 1 is 0.667 bits per heavy atom. The van der Waals surface area contributed by atoms with E-state index in [1.807, 2.05) is 0 Å². The third kappa shape index (κ3) is 7.25. The molecule has 1 aromatic rings. The minimum Gasteiger partial charge on any atom is -0.416 e. The quantitative estimate of drug-likeness (QED) is 0.298. The van der Waals surface area contributed by atoms with Crippen LogP contribution in [0.1, 0.15) is 5.56 Å². The van der Waals surface area contributed by atoms with E-state index in [4.69, 9.17) is 0 Å². The van der Waals surface area contributed by atoms with Crippen molar-refractivity contribution >= 4 is 23.9 Å². The van der Waals surface area contributed by atoms with Gasteiger partial charge in [0.2, 0.25) is 0 Å². The zero-order valence-corrected chi connectivity index (χ0v) is 13.7. The van der Waals surface area contributed by atoms with Crippen molar-refractivity contribution < 1.29 is 72.9 Å². The van der Waals surface area contributed by atoms with Crippen LogP contribution in [0.25, 0.3) is 0 Å². The molecule has 0 saturated carbocycles. The molecule has 30 heavy (non-hydrogen) atoms. The first-order chi connectivity index (χ1) is 13.4. The molecule has 0 bridgehead atoms. The molecule has 0 amide bonds. The van der Waals surface area contributed by atoms with E-state index in [1.54, 1.807) is 0 Å². The summed E-state index contributed by atoms with van der Waals surface area (Å²) in [6.45, 7) is 0. The number of ether oxygens (including phenoxy) is 3. The minimum atomic E-state index is -5.64. The number of benzene rings is 1. The van der Waals surface area contributed by atoms with Gasteiger partial charge in [0.1, 0.15) is 0 Å². The topological polar surface area (TPSA) is 96.0 Å². The molecule has 0 fully saturated rings. The number of alkyl halides is 9. The molecule has 0 radical (unpaired) electrons. The van der Waals surface area contributed by atoms with E-state index in [2.05, 4.69) is 14.2 Å². The van der Waals surface area contributed by atoms with Gasteiger partial charge in [-0.2, -0.15) is 39.5 Å². The first-order valence-corrected chi connectivity index (χ1v) is 6.94. The van der Waals surface area contributed by atoms with Crippen LogP contribution in [0.3, 0.4) is 0 Å². The lowest BCUT2D eigenvalue weighted by atomic mass is 10.1. The molecule has 166 valence electrons. The van der Waals surface area contributed by atoms with E-state index >= 15 is 0 Å². The summed E-state index contributed by atoms with van der Waals surface area (Å²) >= 11 is 0. The van der Waals surface area contributed by atoms with Crippen LogP contribution in [0.2, 0.25) is 0 Å². The molecule has 16 heteroatoms. The molecule has 0 N–H and O–H groups in total. The van der Waals surface area contributed by atoms with Gasteiger partial charge in [0.05, 0.1) is 6.42 Å². The van der Waals surface area contributed by atoms with E-state index in [0.717, 1.165) is 0 Å². The number of esters is 4. The van der Waals surface area contributed by atoms with Crippen LogP contribution < -0.4 is 9.47 Å². The van der Waals surface area contributed by atoms with Gasteiger partial charge >= 0.3 is 42.4 Å². The van der Waals surface area contributed by atoms with Gasteiger partial charge in [0.15, 0.2) is 11.5 Å². The Bertz CT molecular complexity index is 853. The standard InChI is InChI=1S/C14H5F9O7/c15-12(16,17)9(25)28-6-2-1-5(3-7(6)29-10(26)13(18,19)20)4-8(24)30-11(27)14(21,22)23/h1-3H,4H2. The van der Waals surface area contributed by atoms with E-state index in [-0.39, 0.29) is 6.07 Å². The molecule has 0 unspecified atom stereocenters. The molecule has 0 saturated heterocycles.